The summed E-state index contributed by atoms with van der Waals surface area (Å²) in [6.07, 6.45) is 2.34. The van der Waals surface area contributed by atoms with E-state index in [9.17, 15) is 4.79 Å². The van der Waals surface area contributed by atoms with Crippen LogP contribution in [0.5, 0.6) is 0 Å². The molecule has 0 saturated heterocycles. The number of fused-ring (bicyclic) bond motifs is 1. The number of hydrogen-bond donors (Lipinski definition) is 1. The molecule has 0 unspecified atom stereocenters. The number of Topliss-reactive ketones (excluding diaryl/α,β-unsaturated/α-hetero) is 1. The molecule has 2 heterocycles. The van der Waals surface area contributed by atoms with E-state index in [2.05, 4.69) is 9.97 Å². The van der Waals surface area contributed by atoms with Gasteiger partial charge in [-0.3, -0.25) is 4.79 Å². The van der Waals surface area contributed by atoms with Crippen molar-refractivity contribution >= 4 is 28.4 Å². The van der Waals surface area contributed by atoms with Crippen LogP contribution in [0.15, 0.2) is 35.4 Å². The summed E-state index contributed by atoms with van der Waals surface area (Å²) in [5.74, 6) is 1.96. The summed E-state index contributed by atoms with van der Waals surface area (Å²) in [7, 11) is 0. The van der Waals surface area contributed by atoms with Crippen molar-refractivity contribution in [1.82, 2.24) is 15.0 Å². The summed E-state index contributed by atoms with van der Waals surface area (Å²) in [4.78, 5) is 25.2. The van der Waals surface area contributed by atoms with E-state index in [4.69, 9.17) is 4.98 Å². The quantitative estimate of drug-likeness (QED) is 0.425. The van der Waals surface area contributed by atoms with Crippen LogP contribution in [0.1, 0.15) is 46.3 Å². The van der Waals surface area contributed by atoms with Gasteiger partial charge in [0.15, 0.2) is 5.78 Å². The molecular formula is C19H19N3OS. The largest absolute Gasteiger partial charge is 0.362 e. The van der Waals surface area contributed by atoms with Crippen LogP contribution in [0.4, 0.5) is 0 Å². The average Bonchev–Trinajstić information content (AvgIpc) is 3.37. The van der Waals surface area contributed by atoms with E-state index in [1.54, 1.807) is 0 Å². The van der Waals surface area contributed by atoms with Crippen LogP contribution in [0.25, 0.3) is 10.9 Å². The molecule has 0 spiro atoms. The van der Waals surface area contributed by atoms with E-state index >= 15 is 0 Å². The lowest BCUT2D eigenvalue weighted by atomic mass is 10.2. The minimum Gasteiger partial charge on any atom is -0.362 e. The first kappa shape index (κ1) is 15.4. The molecule has 122 valence electrons. The van der Waals surface area contributed by atoms with E-state index in [1.807, 2.05) is 44.2 Å². The molecule has 1 aromatic carbocycles. The molecule has 1 N–H and O–H groups in total. The van der Waals surface area contributed by atoms with Crippen LogP contribution in [0, 0.1) is 13.8 Å². The van der Waals surface area contributed by atoms with Crippen LogP contribution in [-0.2, 0) is 0 Å². The summed E-state index contributed by atoms with van der Waals surface area (Å²) < 4.78 is 0. The number of thioether (sulfide) groups is 1. The summed E-state index contributed by atoms with van der Waals surface area (Å²) in [5, 5.41) is 1.95. The van der Waals surface area contributed by atoms with E-state index in [0.717, 1.165) is 38.7 Å². The van der Waals surface area contributed by atoms with Crippen molar-refractivity contribution in [1.29, 1.82) is 0 Å². The first-order valence-electron chi connectivity index (χ1n) is 8.20. The van der Waals surface area contributed by atoms with Crippen molar-refractivity contribution in [3.8, 4) is 0 Å². The highest BCUT2D eigenvalue weighted by Crippen LogP contribution is 2.39. The Hall–Kier alpha value is -2.14. The number of nitrogens with zero attached hydrogens (tertiary/aromatic N) is 2. The van der Waals surface area contributed by atoms with Gasteiger partial charge in [0.2, 0.25) is 0 Å². The van der Waals surface area contributed by atoms with Crippen LogP contribution in [0.3, 0.4) is 0 Å². The number of H-pyrrole nitrogens is 1. The van der Waals surface area contributed by atoms with Crippen molar-refractivity contribution in [2.24, 2.45) is 0 Å². The lowest BCUT2D eigenvalue weighted by Crippen LogP contribution is -2.04. The summed E-state index contributed by atoms with van der Waals surface area (Å²) in [5.41, 5.74) is 3.70. The zero-order chi connectivity index (χ0) is 16.7. The molecule has 1 aliphatic carbocycles. The van der Waals surface area contributed by atoms with Crippen LogP contribution < -0.4 is 0 Å². The fourth-order valence-corrected chi connectivity index (χ4v) is 3.83. The van der Waals surface area contributed by atoms with Gasteiger partial charge in [0.25, 0.3) is 0 Å². The number of aromatic nitrogens is 3. The van der Waals surface area contributed by atoms with Gasteiger partial charge in [-0.1, -0.05) is 30.0 Å². The van der Waals surface area contributed by atoms with E-state index in [-0.39, 0.29) is 5.78 Å². The Bertz CT molecular complexity index is 928. The lowest BCUT2D eigenvalue weighted by molar-refractivity contribution is 0.102. The number of benzene rings is 1. The van der Waals surface area contributed by atoms with Gasteiger partial charge in [-0.05, 0) is 38.8 Å². The lowest BCUT2D eigenvalue weighted by Gasteiger charge is -2.07. The van der Waals surface area contributed by atoms with E-state index in [1.165, 1.54) is 24.6 Å². The Kier molecular flexibility index (Phi) is 3.88. The van der Waals surface area contributed by atoms with Gasteiger partial charge >= 0.3 is 0 Å². The molecule has 0 atom stereocenters. The third-order valence-electron chi connectivity index (χ3n) is 4.32. The van der Waals surface area contributed by atoms with Crippen molar-refractivity contribution in [2.75, 3.05) is 5.75 Å². The van der Waals surface area contributed by atoms with Gasteiger partial charge in [0.05, 0.1) is 11.3 Å². The van der Waals surface area contributed by atoms with Gasteiger partial charge in [-0.25, -0.2) is 9.97 Å². The molecule has 4 nitrogen and oxygen atoms in total. The number of para-hydroxylation sites is 1. The van der Waals surface area contributed by atoms with Gasteiger partial charge in [-0.2, -0.15) is 0 Å². The molecule has 4 rings (SSSR count). The normalized spacial score (nSPS) is 14.2. The summed E-state index contributed by atoms with van der Waals surface area (Å²) >= 11 is 1.52. The van der Waals surface area contributed by atoms with Crippen LogP contribution >= 0.6 is 11.8 Å². The molecule has 0 aliphatic heterocycles. The third-order valence-corrected chi connectivity index (χ3v) is 5.31. The van der Waals surface area contributed by atoms with Crippen molar-refractivity contribution in [3.05, 3.63) is 53.1 Å². The molecule has 24 heavy (non-hydrogen) atoms. The Balaban J connectivity index is 1.62. The highest BCUT2D eigenvalue weighted by Gasteiger charge is 2.27. The van der Waals surface area contributed by atoms with Crippen molar-refractivity contribution in [3.63, 3.8) is 0 Å². The number of carbonyl (C=O) groups is 1. The molecule has 0 amide bonds. The number of nitrogens with one attached hydrogen (secondary N) is 1. The molecule has 1 saturated carbocycles. The zero-order valence-electron chi connectivity index (χ0n) is 13.8. The molecule has 0 bridgehead atoms. The number of ketones is 1. The zero-order valence-corrected chi connectivity index (χ0v) is 14.6. The smallest absolute Gasteiger partial charge is 0.174 e. The molecule has 1 fully saturated rings. The fraction of sp³-hybridized carbons (Fsp3) is 0.316. The maximum Gasteiger partial charge on any atom is 0.174 e. The maximum atomic E-state index is 12.5. The van der Waals surface area contributed by atoms with Gasteiger partial charge in [0.1, 0.15) is 10.9 Å². The number of rotatable bonds is 5. The summed E-state index contributed by atoms with van der Waals surface area (Å²) in [6, 6.07) is 9.97. The Labute approximate surface area is 145 Å². The standard InChI is InChI=1S/C19H19N3OS/c1-11-9-15(12(2)20-11)17(23)10-24-19-14-5-3-4-6-16(14)21-18(22-19)13-7-8-13/h3-6,9,13,20H,7-8,10H2,1-2H3. The Morgan fingerprint density at radius 2 is 2.04 bits per heavy atom. The molecule has 0 radical (unpaired) electrons. The Morgan fingerprint density at radius 1 is 1.25 bits per heavy atom. The predicted molar refractivity (Wildman–Crippen MR) is 96.8 cm³/mol. The van der Waals surface area contributed by atoms with Crippen molar-refractivity contribution in [2.45, 2.75) is 37.6 Å². The van der Waals surface area contributed by atoms with Gasteiger partial charge in [-0.15, -0.1) is 0 Å². The second-order valence-electron chi connectivity index (χ2n) is 6.38. The minimum atomic E-state index is 0.137. The third kappa shape index (κ3) is 2.96. The highest BCUT2D eigenvalue weighted by atomic mass is 32.2. The SMILES string of the molecule is Cc1cc(C(=O)CSc2nc(C3CC3)nc3ccccc23)c(C)[nH]1. The second-order valence-corrected chi connectivity index (χ2v) is 7.35. The number of hydrogen-bond acceptors (Lipinski definition) is 4. The molecule has 2 aromatic heterocycles. The van der Waals surface area contributed by atoms with Crippen LogP contribution in [-0.4, -0.2) is 26.5 Å². The number of aryl methyl sites for hydroxylation is 2. The monoisotopic (exact) mass is 337 g/mol. The number of carbonyl (C=O) groups excluding carboxylic acids is 1. The fourth-order valence-electron chi connectivity index (χ4n) is 2.92. The molecular weight excluding hydrogens is 318 g/mol. The highest BCUT2D eigenvalue weighted by molar-refractivity contribution is 8.00. The maximum absolute atomic E-state index is 12.5. The molecule has 1 aliphatic rings. The minimum absolute atomic E-state index is 0.137. The van der Waals surface area contributed by atoms with Crippen LogP contribution in [0.2, 0.25) is 0 Å². The average molecular weight is 337 g/mol. The Morgan fingerprint density at radius 3 is 2.75 bits per heavy atom. The van der Waals surface area contributed by atoms with Gasteiger partial charge < -0.3 is 4.98 Å². The van der Waals surface area contributed by atoms with Gasteiger partial charge in [0, 0.05) is 28.3 Å². The topological polar surface area (TPSA) is 58.6 Å². The summed E-state index contributed by atoms with van der Waals surface area (Å²) in [6.45, 7) is 3.91. The molecule has 5 heteroatoms. The van der Waals surface area contributed by atoms with E-state index < -0.39 is 0 Å². The van der Waals surface area contributed by atoms with E-state index in [0.29, 0.717) is 11.7 Å². The number of aromatic amines is 1. The van der Waals surface area contributed by atoms with Crippen molar-refractivity contribution < 1.29 is 4.79 Å². The second kappa shape index (κ2) is 6.06. The first-order chi connectivity index (χ1) is 11.6. The molecule has 3 aromatic rings. The first-order valence-corrected chi connectivity index (χ1v) is 9.19. The predicted octanol–water partition coefficient (Wildman–Crippen LogP) is 4.43.